The summed E-state index contributed by atoms with van der Waals surface area (Å²) in [6.45, 7) is 14.3. The third kappa shape index (κ3) is 3.58. The maximum absolute atomic E-state index is 12.8. The maximum Gasteiger partial charge on any atom is 0.411 e. The molecule has 3 rings (SSSR count). The summed E-state index contributed by atoms with van der Waals surface area (Å²) in [7, 11) is 0. The van der Waals surface area contributed by atoms with Gasteiger partial charge in [-0.15, -0.1) is 4.68 Å². The van der Waals surface area contributed by atoms with Gasteiger partial charge in [0.1, 0.15) is 5.60 Å². The van der Waals surface area contributed by atoms with E-state index in [0.29, 0.717) is 12.4 Å². The van der Waals surface area contributed by atoms with Crippen LogP contribution in [-0.2, 0) is 4.74 Å². The third-order valence-corrected chi connectivity index (χ3v) is 4.88. The highest BCUT2D eigenvalue weighted by atomic mass is 16.6. The molecule has 0 aliphatic carbocycles. The average Bonchev–Trinajstić information content (AvgIpc) is 2.89. The van der Waals surface area contributed by atoms with E-state index >= 15 is 0 Å². The number of carbonyl (C=O) groups is 1. The lowest BCUT2D eigenvalue weighted by Crippen LogP contribution is -2.69. The minimum Gasteiger partial charge on any atom is -0.444 e. The van der Waals surface area contributed by atoms with Gasteiger partial charge in [-0.25, -0.2) is 9.78 Å². The molecule has 1 saturated heterocycles. The third-order valence-electron chi connectivity index (χ3n) is 4.88. The normalized spacial score (nSPS) is 23.7. The Hall–Kier alpha value is -2.35. The predicted octanol–water partition coefficient (Wildman–Crippen LogP) is 1.94. The van der Waals surface area contributed by atoms with Gasteiger partial charge in [0.05, 0.1) is 17.9 Å². The first-order valence-corrected chi connectivity index (χ1v) is 9.41. The van der Waals surface area contributed by atoms with Gasteiger partial charge < -0.3 is 4.74 Å². The van der Waals surface area contributed by atoms with E-state index in [0.717, 1.165) is 16.9 Å². The van der Waals surface area contributed by atoms with Gasteiger partial charge in [-0.05, 0) is 48.5 Å². The lowest BCUT2D eigenvalue weighted by atomic mass is 10.1. The quantitative estimate of drug-likeness (QED) is 0.744. The number of ether oxygens (including phenoxy) is 1. The molecule has 0 aromatic carbocycles. The van der Waals surface area contributed by atoms with Gasteiger partial charge in [0.25, 0.3) is 5.82 Å². The van der Waals surface area contributed by atoms with E-state index in [1.54, 1.807) is 4.90 Å². The largest absolute Gasteiger partial charge is 0.444 e. The van der Waals surface area contributed by atoms with Crippen molar-refractivity contribution in [3.8, 4) is 0 Å². The number of nitrogens with one attached hydrogen (secondary N) is 1. The highest BCUT2D eigenvalue weighted by Crippen LogP contribution is 2.23. The Bertz CT molecular complexity index is 869. The van der Waals surface area contributed by atoms with E-state index in [9.17, 15) is 4.79 Å². The number of amides is 1. The number of nitrogen functional groups attached to an aromatic ring is 1. The molecule has 0 radical (unpaired) electrons. The number of rotatable bonds is 1. The first kappa shape index (κ1) is 19.4. The summed E-state index contributed by atoms with van der Waals surface area (Å²) in [5.74, 6) is 0.612. The molecule has 2 aromatic rings. The van der Waals surface area contributed by atoms with Crippen LogP contribution in [0.3, 0.4) is 0 Å². The second kappa shape index (κ2) is 6.67. The molecule has 8 heteroatoms. The van der Waals surface area contributed by atoms with Crippen LogP contribution in [0.25, 0.3) is 5.65 Å². The molecule has 0 saturated carbocycles. The fourth-order valence-corrected chi connectivity index (χ4v) is 3.76. The summed E-state index contributed by atoms with van der Waals surface area (Å²) in [5.41, 5.74) is 8.63. The standard InChI is InChI=1S/C19H30N6O2/c1-11-8-15(20)25(23-10-12(2)22-16(11)23)17-14(4)24(13(3)9-21-17)18(26)27-19(5,6)7/h8,10,13-14,17,20-21H,9H2,1-7H3/p+1/t13-,14-,17?/m0/s1. The van der Waals surface area contributed by atoms with E-state index in [4.69, 9.17) is 10.5 Å². The molecule has 1 aliphatic heterocycles. The predicted molar refractivity (Wildman–Crippen MR) is 103 cm³/mol. The maximum atomic E-state index is 12.8. The Balaban J connectivity index is 2.03. The number of imidazole rings is 1. The summed E-state index contributed by atoms with van der Waals surface area (Å²) >= 11 is 0. The van der Waals surface area contributed by atoms with Crippen LogP contribution in [-0.4, -0.2) is 44.7 Å². The van der Waals surface area contributed by atoms with E-state index in [1.807, 2.05) is 69.9 Å². The number of hydrogen-bond donors (Lipinski definition) is 2. The van der Waals surface area contributed by atoms with Crippen LogP contribution in [0.4, 0.5) is 10.6 Å². The van der Waals surface area contributed by atoms with Crippen LogP contribution in [0, 0.1) is 13.8 Å². The van der Waals surface area contributed by atoms with Gasteiger partial charge >= 0.3 is 6.09 Å². The van der Waals surface area contributed by atoms with Crippen molar-refractivity contribution in [2.45, 2.75) is 72.3 Å². The Morgan fingerprint density at radius 2 is 2.04 bits per heavy atom. The lowest BCUT2D eigenvalue weighted by Gasteiger charge is -2.43. The van der Waals surface area contributed by atoms with Crippen LogP contribution in [0.2, 0.25) is 0 Å². The van der Waals surface area contributed by atoms with E-state index in [2.05, 4.69) is 10.3 Å². The molecule has 8 nitrogen and oxygen atoms in total. The first-order chi connectivity index (χ1) is 12.5. The van der Waals surface area contributed by atoms with Gasteiger partial charge in [-0.3, -0.25) is 16.0 Å². The number of nitrogens with two attached hydrogens (primary N) is 1. The summed E-state index contributed by atoms with van der Waals surface area (Å²) in [5, 5.41) is 3.53. The van der Waals surface area contributed by atoms with Crippen LogP contribution in [0.5, 0.6) is 0 Å². The topological polar surface area (TPSA) is 88.8 Å². The van der Waals surface area contributed by atoms with Crippen molar-refractivity contribution < 1.29 is 14.2 Å². The van der Waals surface area contributed by atoms with Gasteiger partial charge in [0.15, 0.2) is 11.8 Å². The molecular weight excluding hydrogens is 344 g/mol. The number of nitrogens with zero attached hydrogens (tertiary/aromatic N) is 4. The molecule has 3 heterocycles. The number of aromatic nitrogens is 3. The van der Waals surface area contributed by atoms with Crippen LogP contribution < -0.4 is 15.7 Å². The summed E-state index contributed by atoms with van der Waals surface area (Å²) < 4.78 is 9.58. The van der Waals surface area contributed by atoms with Crippen LogP contribution in [0.1, 0.15) is 52.0 Å². The second-order valence-corrected chi connectivity index (χ2v) is 8.48. The molecule has 1 fully saturated rings. The zero-order chi connectivity index (χ0) is 20.1. The van der Waals surface area contributed by atoms with Gasteiger partial charge in [0, 0.05) is 24.2 Å². The van der Waals surface area contributed by atoms with Crippen LogP contribution >= 0.6 is 0 Å². The SMILES string of the molecule is Cc1cn2c(n1)c(C)cc(N)[n+]2C1NC[C@H](C)N(C(=O)OC(C)(C)C)[C@H]1C. The van der Waals surface area contributed by atoms with Crippen molar-refractivity contribution in [2.24, 2.45) is 0 Å². The van der Waals surface area contributed by atoms with Gasteiger partial charge in [-0.2, -0.15) is 4.52 Å². The molecule has 0 spiro atoms. The molecule has 27 heavy (non-hydrogen) atoms. The number of aryl methyl sites for hydroxylation is 2. The second-order valence-electron chi connectivity index (χ2n) is 8.48. The number of fused-ring (bicyclic) bond motifs is 1. The number of piperazine rings is 1. The fourth-order valence-electron chi connectivity index (χ4n) is 3.76. The van der Waals surface area contributed by atoms with Crippen molar-refractivity contribution in [1.29, 1.82) is 0 Å². The Labute approximate surface area is 160 Å². The molecule has 148 valence electrons. The smallest absolute Gasteiger partial charge is 0.411 e. The van der Waals surface area contributed by atoms with E-state index in [1.165, 1.54) is 0 Å². The number of hydrogen-bond acceptors (Lipinski definition) is 5. The van der Waals surface area contributed by atoms with E-state index < -0.39 is 5.60 Å². The molecule has 3 N–H and O–H groups in total. The molecule has 0 bridgehead atoms. The molecular formula is C19H31N6O2+. The van der Waals surface area contributed by atoms with Crippen molar-refractivity contribution in [3.05, 3.63) is 23.5 Å². The number of anilines is 1. The molecule has 2 aromatic heterocycles. The van der Waals surface area contributed by atoms with Gasteiger partial charge in [-0.1, -0.05) is 0 Å². The number of carbonyl (C=O) groups excluding carboxylic acids is 1. The van der Waals surface area contributed by atoms with Crippen molar-refractivity contribution in [1.82, 2.24) is 19.7 Å². The van der Waals surface area contributed by atoms with Crippen molar-refractivity contribution in [3.63, 3.8) is 0 Å². The zero-order valence-corrected chi connectivity index (χ0v) is 17.3. The Kier molecular flexibility index (Phi) is 4.80. The first-order valence-electron chi connectivity index (χ1n) is 9.41. The summed E-state index contributed by atoms with van der Waals surface area (Å²) in [6, 6.07) is 1.77. The summed E-state index contributed by atoms with van der Waals surface area (Å²) in [6.07, 6.45) is 1.45. The molecule has 3 atom stereocenters. The van der Waals surface area contributed by atoms with Crippen LogP contribution in [0.15, 0.2) is 12.3 Å². The minimum absolute atomic E-state index is 0.0124. The zero-order valence-electron chi connectivity index (χ0n) is 17.3. The monoisotopic (exact) mass is 375 g/mol. The molecule has 1 aliphatic rings. The Morgan fingerprint density at radius 3 is 2.67 bits per heavy atom. The highest BCUT2D eigenvalue weighted by molar-refractivity contribution is 5.69. The lowest BCUT2D eigenvalue weighted by molar-refractivity contribution is -0.783. The summed E-state index contributed by atoms with van der Waals surface area (Å²) in [4.78, 5) is 19.2. The van der Waals surface area contributed by atoms with E-state index in [-0.39, 0.29) is 24.3 Å². The van der Waals surface area contributed by atoms with Gasteiger partial charge in [0.2, 0.25) is 0 Å². The minimum atomic E-state index is -0.540. The van der Waals surface area contributed by atoms with Crippen molar-refractivity contribution in [2.75, 3.05) is 12.3 Å². The Morgan fingerprint density at radius 1 is 1.37 bits per heavy atom. The highest BCUT2D eigenvalue weighted by Gasteiger charge is 2.42. The fraction of sp³-hybridized carbons (Fsp3) is 0.632. The molecule has 1 amide bonds. The average molecular weight is 375 g/mol. The van der Waals surface area contributed by atoms with Crippen molar-refractivity contribution >= 4 is 17.6 Å². The molecule has 1 unspecified atom stereocenters.